The van der Waals surface area contributed by atoms with Crippen molar-refractivity contribution in [1.82, 2.24) is 14.9 Å². The number of imidazole rings is 1. The van der Waals surface area contributed by atoms with Gasteiger partial charge in [-0.3, -0.25) is 4.79 Å². The van der Waals surface area contributed by atoms with E-state index in [1.54, 1.807) is 6.20 Å². The number of anilines is 1. The second-order valence-electron chi connectivity index (χ2n) is 4.74. The minimum absolute atomic E-state index is 0.0253. The van der Waals surface area contributed by atoms with Gasteiger partial charge in [0.05, 0.1) is 12.9 Å². The number of halogens is 1. The van der Waals surface area contributed by atoms with E-state index in [2.05, 4.69) is 36.1 Å². The van der Waals surface area contributed by atoms with Gasteiger partial charge in [-0.2, -0.15) is 0 Å². The van der Waals surface area contributed by atoms with Gasteiger partial charge in [0, 0.05) is 29.1 Å². The van der Waals surface area contributed by atoms with E-state index in [0.717, 1.165) is 36.1 Å². The third kappa shape index (κ3) is 6.10. The molecule has 0 aliphatic rings. The number of unbranched alkanes of at least 4 members (excludes halogenated alkanes) is 1. The van der Waals surface area contributed by atoms with Gasteiger partial charge in [-0.1, -0.05) is 22.0 Å². The highest BCUT2D eigenvalue weighted by Crippen LogP contribution is 2.15. The molecule has 5 nitrogen and oxygen atoms in total. The van der Waals surface area contributed by atoms with E-state index in [1.165, 1.54) is 0 Å². The van der Waals surface area contributed by atoms with E-state index in [0.29, 0.717) is 6.54 Å². The number of nitrogens with zero attached hydrogens (tertiary/aromatic N) is 2. The topological polar surface area (TPSA) is 59.0 Å². The zero-order valence-corrected chi connectivity index (χ0v) is 13.3. The number of nitrogens with one attached hydrogen (secondary N) is 2. The van der Waals surface area contributed by atoms with Crippen LogP contribution in [0.15, 0.2) is 47.5 Å². The Labute approximate surface area is 132 Å². The molecule has 0 fully saturated rings. The Bertz CT molecular complexity index is 557. The predicted octanol–water partition coefficient (Wildman–Crippen LogP) is 2.65. The Morgan fingerprint density at radius 1 is 1.33 bits per heavy atom. The predicted molar refractivity (Wildman–Crippen MR) is 87.1 cm³/mol. The summed E-state index contributed by atoms with van der Waals surface area (Å²) < 4.78 is 3.01. The van der Waals surface area contributed by atoms with Crippen molar-refractivity contribution in [2.24, 2.45) is 0 Å². The zero-order chi connectivity index (χ0) is 14.9. The largest absolute Gasteiger partial charge is 0.337 e. The molecule has 6 heteroatoms. The SMILES string of the molecule is O=C(CNCCCCn1ccnc1)Nc1cccc(Br)c1. The van der Waals surface area contributed by atoms with Crippen molar-refractivity contribution in [3.05, 3.63) is 47.5 Å². The van der Waals surface area contributed by atoms with E-state index < -0.39 is 0 Å². The Balaban J connectivity index is 1.55. The number of carbonyl (C=O) groups excluding carboxylic acids is 1. The van der Waals surface area contributed by atoms with Crippen molar-refractivity contribution in [2.45, 2.75) is 19.4 Å². The molecule has 1 aromatic heterocycles. The number of aromatic nitrogens is 2. The first-order valence-electron chi connectivity index (χ1n) is 6.96. The lowest BCUT2D eigenvalue weighted by atomic mass is 10.3. The lowest BCUT2D eigenvalue weighted by Crippen LogP contribution is -2.28. The van der Waals surface area contributed by atoms with E-state index >= 15 is 0 Å². The first kappa shape index (κ1) is 15.7. The molecule has 21 heavy (non-hydrogen) atoms. The molecule has 1 amide bonds. The minimum atomic E-state index is -0.0253. The highest BCUT2D eigenvalue weighted by atomic mass is 79.9. The summed E-state index contributed by atoms with van der Waals surface area (Å²) in [6.45, 7) is 2.13. The molecule has 0 aliphatic carbocycles. The number of carbonyl (C=O) groups is 1. The van der Waals surface area contributed by atoms with Crippen molar-refractivity contribution >= 4 is 27.5 Å². The standard InChI is InChI=1S/C15H19BrN4O/c16-13-4-3-5-14(10-13)19-15(21)11-17-6-1-2-8-20-9-7-18-12-20/h3-5,7,9-10,12,17H,1-2,6,8,11H2,(H,19,21). The van der Waals surface area contributed by atoms with Crippen molar-refractivity contribution in [1.29, 1.82) is 0 Å². The molecule has 0 atom stereocenters. The molecule has 2 aromatic rings. The summed E-state index contributed by atoms with van der Waals surface area (Å²) in [5.41, 5.74) is 0.802. The summed E-state index contributed by atoms with van der Waals surface area (Å²) in [6, 6.07) is 7.56. The van der Waals surface area contributed by atoms with Crippen LogP contribution in [0.2, 0.25) is 0 Å². The smallest absolute Gasteiger partial charge is 0.238 e. The van der Waals surface area contributed by atoms with Crippen molar-refractivity contribution < 1.29 is 4.79 Å². The maximum Gasteiger partial charge on any atom is 0.238 e. The van der Waals surface area contributed by atoms with Crippen LogP contribution in [0, 0.1) is 0 Å². The first-order valence-corrected chi connectivity index (χ1v) is 7.75. The highest BCUT2D eigenvalue weighted by Gasteiger charge is 2.01. The summed E-state index contributed by atoms with van der Waals surface area (Å²) >= 11 is 3.38. The van der Waals surface area contributed by atoms with Gasteiger partial charge in [-0.15, -0.1) is 0 Å². The number of hydrogen-bond donors (Lipinski definition) is 2. The molecule has 2 rings (SSSR count). The molecule has 0 bridgehead atoms. The number of hydrogen-bond acceptors (Lipinski definition) is 3. The van der Waals surface area contributed by atoms with Gasteiger partial charge in [-0.25, -0.2) is 4.98 Å². The molecular weight excluding hydrogens is 332 g/mol. The van der Waals surface area contributed by atoms with E-state index in [1.807, 2.05) is 36.8 Å². The van der Waals surface area contributed by atoms with Crippen LogP contribution >= 0.6 is 15.9 Å². The van der Waals surface area contributed by atoms with Gasteiger partial charge >= 0.3 is 0 Å². The lowest BCUT2D eigenvalue weighted by molar-refractivity contribution is -0.115. The third-order valence-electron chi connectivity index (χ3n) is 2.97. The van der Waals surface area contributed by atoms with Crippen LogP contribution in [0.3, 0.4) is 0 Å². The fraction of sp³-hybridized carbons (Fsp3) is 0.333. The summed E-state index contributed by atoms with van der Waals surface area (Å²) in [5, 5.41) is 6.00. The number of benzene rings is 1. The van der Waals surface area contributed by atoms with Crippen LogP contribution in [0.5, 0.6) is 0 Å². The number of aryl methyl sites for hydroxylation is 1. The molecule has 0 saturated heterocycles. The van der Waals surface area contributed by atoms with Crippen LogP contribution < -0.4 is 10.6 Å². The second kappa shape index (κ2) is 8.59. The minimum Gasteiger partial charge on any atom is -0.337 e. The normalized spacial score (nSPS) is 10.5. The number of amides is 1. The summed E-state index contributed by atoms with van der Waals surface area (Å²) in [5.74, 6) is -0.0253. The monoisotopic (exact) mass is 350 g/mol. The third-order valence-corrected chi connectivity index (χ3v) is 3.47. The Morgan fingerprint density at radius 2 is 2.24 bits per heavy atom. The average molecular weight is 351 g/mol. The van der Waals surface area contributed by atoms with Crippen LogP contribution in [-0.2, 0) is 11.3 Å². The quantitative estimate of drug-likeness (QED) is 0.719. The summed E-state index contributed by atoms with van der Waals surface area (Å²) in [4.78, 5) is 15.7. The van der Waals surface area contributed by atoms with Crippen LogP contribution in [-0.4, -0.2) is 28.5 Å². The molecule has 1 heterocycles. The van der Waals surface area contributed by atoms with Crippen molar-refractivity contribution in [2.75, 3.05) is 18.4 Å². The van der Waals surface area contributed by atoms with Gasteiger partial charge in [0.25, 0.3) is 0 Å². The van der Waals surface area contributed by atoms with Crippen molar-refractivity contribution in [3.8, 4) is 0 Å². The molecule has 0 unspecified atom stereocenters. The van der Waals surface area contributed by atoms with E-state index in [-0.39, 0.29) is 5.91 Å². The van der Waals surface area contributed by atoms with E-state index in [4.69, 9.17) is 0 Å². The number of rotatable bonds is 8. The molecule has 0 aliphatic heterocycles. The zero-order valence-electron chi connectivity index (χ0n) is 11.8. The first-order chi connectivity index (χ1) is 10.2. The van der Waals surface area contributed by atoms with Gasteiger partial charge in [0.2, 0.25) is 5.91 Å². The summed E-state index contributed by atoms with van der Waals surface area (Å²) in [7, 11) is 0. The molecule has 1 aromatic carbocycles. The summed E-state index contributed by atoms with van der Waals surface area (Å²) in [6.07, 6.45) is 7.65. The van der Waals surface area contributed by atoms with Crippen LogP contribution in [0.4, 0.5) is 5.69 Å². The Morgan fingerprint density at radius 3 is 3.00 bits per heavy atom. The van der Waals surface area contributed by atoms with Gasteiger partial charge in [0.15, 0.2) is 0 Å². The second-order valence-corrected chi connectivity index (χ2v) is 5.66. The maximum absolute atomic E-state index is 11.7. The molecule has 112 valence electrons. The van der Waals surface area contributed by atoms with Gasteiger partial charge in [0.1, 0.15) is 0 Å². The fourth-order valence-electron chi connectivity index (χ4n) is 1.94. The molecule has 2 N–H and O–H groups in total. The Hall–Kier alpha value is -1.66. The highest BCUT2D eigenvalue weighted by molar-refractivity contribution is 9.10. The molecular formula is C15H19BrN4O. The molecule has 0 spiro atoms. The molecule has 0 saturated carbocycles. The lowest BCUT2D eigenvalue weighted by Gasteiger charge is -2.07. The van der Waals surface area contributed by atoms with Crippen molar-refractivity contribution in [3.63, 3.8) is 0 Å². The molecule has 0 radical (unpaired) electrons. The Kier molecular flexibility index (Phi) is 6.43. The van der Waals surface area contributed by atoms with Gasteiger partial charge in [-0.05, 0) is 37.6 Å². The van der Waals surface area contributed by atoms with E-state index in [9.17, 15) is 4.79 Å². The fourth-order valence-corrected chi connectivity index (χ4v) is 2.34. The van der Waals surface area contributed by atoms with Crippen LogP contribution in [0.1, 0.15) is 12.8 Å². The average Bonchev–Trinajstić information content (AvgIpc) is 2.96. The van der Waals surface area contributed by atoms with Crippen LogP contribution in [0.25, 0.3) is 0 Å². The van der Waals surface area contributed by atoms with Gasteiger partial charge < -0.3 is 15.2 Å². The maximum atomic E-state index is 11.7.